The van der Waals surface area contributed by atoms with Gasteiger partial charge in [0.2, 0.25) is 0 Å². The Hall–Kier alpha value is -1.32. The van der Waals surface area contributed by atoms with E-state index in [4.69, 9.17) is 4.52 Å². The van der Waals surface area contributed by atoms with Crippen molar-refractivity contribution in [2.75, 3.05) is 0 Å². The first kappa shape index (κ1) is 13.7. The second kappa shape index (κ2) is 6.42. The van der Waals surface area contributed by atoms with Gasteiger partial charge in [-0.05, 0) is 26.2 Å². The van der Waals surface area contributed by atoms with Crippen LogP contribution >= 0.6 is 0 Å². The minimum atomic E-state index is -0.139. The normalized spacial score (nSPS) is 15.8. The summed E-state index contributed by atoms with van der Waals surface area (Å²) in [4.78, 5) is 11.6. The molecule has 17 heavy (non-hydrogen) atoms. The Morgan fingerprint density at radius 1 is 1.59 bits per heavy atom. The molecule has 0 aliphatic heterocycles. The molecule has 1 heterocycles. The van der Waals surface area contributed by atoms with Crippen LogP contribution in [0.5, 0.6) is 0 Å². The van der Waals surface area contributed by atoms with E-state index in [1.807, 2.05) is 20.8 Å². The van der Waals surface area contributed by atoms with Crippen molar-refractivity contribution in [3.8, 4) is 0 Å². The van der Waals surface area contributed by atoms with Gasteiger partial charge in [-0.3, -0.25) is 4.79 Å². The van der Waals surface area contributed by atoms with Gasteiger partial charge in [0.05, 0.1) is 0 Å². The summed E-state index contributed by atoms with van der Waals surface area (Å²) in [5, 5.41) is 6.60. The molecule has 1 aliphatic carbocycles. The second-order valence-corrected chi connectivity index (χ2v) is 4.38. The molecule has 96 valence electrons. The lowest BCUT2D eigenvalue weighted by atomic mass is 10.1. The number of carbonyl (C=O) groups is 1. The van der Waals surface area contributed by atoms with E-state index >= 15 is 0 Å². The number of amides is 1. The fourth-order valence-corrected chi connectivity index (χ4v) is 1.68. The van der Waals surface area contributed by atoms with Crippen LogP contribution in [0.15, 0.2) is 10.6 Å². The summed E-state index contributed by atoms with van der Waals surface area (Å²) in [7, 11) is 0. The van der Waals surface area contributed by atoms with Gasteiger partial charge in [0, 0.05) is 12.1 Å². The number of nitrogens with one attached hydrogen (secondary N) is 1. The van der Waals surface area contributed by atoms with E-state index in [1.54, 1.807) is 13.0 Å². The van der Waals surface area contributed by atoms with Crippen LogP contribution in [0.2, 0.25) is 0 Å². The zero-order chi connectivity index (χ0) is 12.8. The lowest BCUT2D eigenvalue weighted by Crippen LogP contribution is -2.33. The number of aryl methyl sites for hydroxylation is 1. The number of hydrogen-bond acceptors (Lipinski definition) is 3. The molecule has 4 nitrogen and oxygen atoms in total. The van der Waals surface area contributed by atoms with Gasteiger partial charge in [0.1, 0.15) is 5.76 Å². The number of hydrogen-bond donors (Lipinski definition) is 1. The van der Waals surface area contributed by atoms with Crippen molar-refractivity contribution in [2.24, 2.45) is 5.92 Å². The van der Waals surface area contributed by atoms with Crippen LogP contribution in [0.4, 0.5) is 0 Å². The molecular formula is C13H22N2O2. The van der Waals surface area contributed by atoms with E-state index in [0.717, 1.165) is 12.3 Å². The zero-order valence-electron chi connectivity index (χ0n) is 11.1. The zero-order valence-corrected chi connectivity index (χ0v) is 11.1. The summed E-state index contributed by atoms with van der Waals surface area (Å²) in [5.41, 5.74) is 0.371. The Labute approximate surface area is 103 Å². The number of carbonyl (C=O) groups excluding carboxylic acids is 1. The molecule has 1 N–H and O–H groups in total. The topological polar surface area (TPSA) is 55.1 Å². The van der Waals surface area contributed by atoms with Crippen LogP contribution in [0.25, 0.3) is 0 Å². The van der Waals surface area contributed by atoms with Crippen molar-refractivity contribution in [3.63, 3.8) is 0 Å². The van der Waals surface area contributed by atoms with E-state index in [0.29, 0.717) is 11.5 Å². The van der Waals surface area contributed by atoms with Gasteiger partial charge in [0.15, 0.2) is 5.69 Å². The smallest absolute Gasteiger partial charge is 0.273 e. The minimum absolute atomic E-state index is 0.139. The Bertz CT molecular complexity index is 356. The van der Waals surface area contributed by atoms with Crippen molar-refractivity contribution in [2.45, 2.75) is 53.0 Å². The minimum Gasteiger partial charge on any atom is -0.361 e. The monoisotopic (exact) mass is 238 g/mol. The van der Waals surface area contributed by atoms with Gasteiger partial charge < -0.3 is 9.84 Å². The summed E-state index contributed by atoms with van der Waals surface area (Å²) in [6.45, 7) is 7.81. The van der Waals surface area contributed by atoms with E-state index in [-0.39, 0.29) is 11.9 Å². The molecule has 0 radical (unpaired) electrons. The third kappa shape index (κ3) is 4.59. The van der Waals surface area contributed by atoms with Gasteiger partial charge in [-0.15, -0.1) is 0 Å². The molecular weight excluding hydrogens is 216 g/mol. The van der Waals surface area contributed by atoms with Gasteiger partial charge in [-0.1, -0.05) is 31.8 Å². The standard InChI is InChI=1S/C11H16N2O2.C2H6/c1-7(5-9-3-4-9)12-11(14)10-6-8(2)15-13-10;1-2/h6-7,9H,3-5H2,1-2H3,(H,12,14);1-2H3. The van der Waals surface area contributed by atoms with Crippen molar-refractivity contribution in [1.82, 2.24) is 10.5 Å². The highest BCUT2D eigenvalue weighted by Gasteiger charge is 2.24. The number of aromatic nitrogens is 1. The summed E-state index contributed by atoms with van der Waals surface area (Å²) >= 11 is 0. The average Bonchev–Trinajstić information content (AvgIpc) is 3.00. The first-order valence-corrected chi connectivity index (χ1v) is 6.39. The molecule has 0 spiro atoms. The second-order valence-electron chi connectivity index (χ2n) is 4.38. The molecule has 1 unspecified atom stereocenters. The van der Waals surface area contributed by atoms with E-state index in [1.165, 1.54) is 12.8 Å². The highest BCUT2D eigenvalue weighted by atomic mass is 16.5. The van der Waals surface area contributed by atoms with Crippen molar-refractivity contribution in [1.29, 1.82) is 0 Å². The van der Waals surface area contributed by atoms with Crippen LogP contribution < -0.4 is 5.32 Å². The van der Waals surface area contributed by atoms with E-state index in [2.05, 4.69) is 10.5 Å². The van der Waals surface area contributed by atoms with Crippen molar-refractivity contribution >= 4 is 5.91 Å². The average molecular weight is 238 g/mol. The molecule has 1 aliphatic rings. The summed E-state index contributed by atoms with van der Waals surface area (Å²) in [5.74, 6) is 1.34. The quantitative estimate of drug-likeness (QED) is 0.877. The molecule has 1 aromatic rings. The number of rotatable bonds is 4. The molecule has 0 bridgehead atoms. The first-order valence-electron chi connectivity index (χ1n) is 6.39. The third-order valence-corrected chi connectivity index (χ3v) is 2.62. The molecule has 1 fully saturated rings. The van der Waals surface area contributed by atoms with Gasteiger partial charge in [0.25, 0.3) is 5.91 Å². The highest BCUT2D eigenvalue weighted by Crippen LogP contribution is 2.33. The largest absolute Gasteiger partial charge is 0.361 e. The van der Waals surface area contributed by atoms with Crippen LogP contribution in [-0.2, 0) is 0 Å². The molecule has 2 rings (SSSR count). The number of nitrogens with zero attached hydrogens (tertiary/aromatic N) is 1. The molecule has 0 saturated heterocycles. The van der Waals surface area contributed by atoms with E-state index in [9.17, 15) is 4.79 Å². The lowest BCUT2D eigenvalue weighted by molar-refractivity contribution is 0.0928. The molecule has 4 heteroatoms. The Morgan fingerprint density at radius 2 is 2.24 bits per heavy atom. The Morgan fingerprint density at radius 3 is 2.71 bits per heavy atom. The molecule has 1 amide bonds. The molecule has 1 saturated carbocycles. The van der Waals surface area contributed by atoms with Gasteiger partial charge in [-0.25, -0.2) is 0 Å². The highest BCUT2D eigenvalue weighted by molar-refractivity contribution is 5.92. The van der Waals surface area contributed by atoms with Crippen molar-refractivity contribution < 1.29 is 9.32 Å². The Balaban J connectivity index is 0.000000686. The molecule has 1 aromatic heterocycles. The maximum atomic E-state index is 11.6. The van der Waals surface area contributed by atoms with Crippen LogP contribution in [0.3, 0.4) is 0 Å². The summed E-state index contributed by atoms with van der Waals surface area (Å²) < 4.78 is 4.85. The predicted molar refractivity (Wildman–Crippen MR) is 66.9 cm³/mol. The third-order valence-electron chi connectivity index (χ3n) is 2.62. The Kier molecular flexibility index (Phi) is 5.19. The van der Waals surface area contributed by atoms with Crippen LogP contribution in [0.1, 0.15) is 56.3 Å². The maximum Gasteiger partial charge on any atom is 0.273 e. The van der Waals surface area contributed by atoms with Gasteiger partial charge >= 0.3 is 0 Å². The first-order chi connectivity index (χ1) is 8.15. The molecule has 0 aromatic carbocycles. The molecule has 1 atom stereocenters. The lowest BCUT2D eigenvalue weighted by Gasteiger charge is -2.11. The van der Waals surface area contributed by atoms with Crippen LogP contribution in [-0.4, -0.2) is 17.1 Å². The predicted octanol–water partition coefficient (Wildman–Crippen LogP) is 2.93. The summed E-state index contributed by atoms with van der Waals surface area (Å²) in [6.07, 6.45) is 3.69. The summed E-state index contributed by atoms with van der Waals surface area (Å²) in [6, 6.07) is 1.88. The van der Waals surface area contributed by atoms with Crippen LogP contribution in [0, 0.1) is 12.8 Å². The maximum absolute atomic E-state index is 11.6. The fourth-order valence-electron chi connectivity index (χ4n) is 1.68. The SMILES string of the molecule is CC.Cc1cc(C(=O)NC(C)CC2CC2)no1. The fraction of sp³-hybridized carbons (Fsp3) is 0.692. The van der Waals surface area contributed by atoms with Gasteiger partial charge in [-0.2, -0.15) is 0 Å². The van der Waals surface area contributed by atoms with Crippen molar-refractivity contribution in [3.05, 3.63) is 17.5 Å². The van der Waals surface area contributed by atoms with E-state index < -0.39 is 0 Å².